The van der Waals surface area contributed by atoms with Gasteiger partial charge in [-0.25, -0.2) is 0 Å². The van der Waals surface area contributed by atoms with E-state index in [1.807, 2.05) is 29.2 Å². The van der Waals surface area contributed by atoms with Gasteiger partial charge in [0.05, 0.1) is 6.54 Å². The van der Waals surface area contributed by atoms with Gasteiger partial charge in [0.15, 0.2) is 0 Å². The summed E-state index contributed by atoms with van der Waals surface area (Å²) >= 11 is 0. The smallest absolute Gasteiger partial charge is 0.223 e. The monoisotopic (exact) mass is 256 g/mol. The summed E-state index contributed by atoms with van der Waals surface area (Å²) in [7, 11) is 0. The van der Waals surface area contributed by atoms with Crippen LogP contribution in [0.25, 0.3) is 0 Å². The van der Waals surface area contributed by atoms with Crippen LogP contribution in [0.4, 0.5) is 0 Å². The number of nitrogens with two attached hydrogens (primary N) is 1. The van der Waals surface area contributed by atoms with Gasteiger partial charge < -0.3 is 10.6 Å². The number of nitrogens with zero attached hydrogens (tertiary/aromatic N) is 1. The number of benzene rings is 1. The molecule has 3 nitrogen and oxygen atoms in total. The Labute approximate surface area is 114 Å². The van der Waals surface area contributed by atoms with E-state index in [4.69, 9.17) is 5.73 Å². The van der Waals surface area contributed by atoms with Gasteiger partial charge in [-0.05, 0) is 23.6 Å². The molecule has 0 spiro atoms. The van der Waals surface area contributed by atoms with Crippen molar-refractivity contribution in [2.45, 2.75) is 26.3 Å². The number of hydrogen-bond acceptors (Lipinski definition) is 2. The van der Waals surface area contributed by atoms with E-state index in [1.165, 1.54) is 0 Å². The highest BCUT2D eigenvalue weighted by Crippen LogP contribution is 2.22. The van der Waals surface area contributed by atoms with Crippen molar-refractivity contribution in [3.63, 3.8) is 0 Å². The average Bonchev–Trinajstić information content (AvgIpc) is 2.79. The molecule has 2 N–H and O–H groups in total. The molecule has 0 radical (unpaired) electrons. The third-order valence-electron chi connectivity index (χ3n) is 3.53. The van der Waals surface area contributed by atoms with Crippen molar-refractivity contribution in [1.82, 2.24) is 4.90 Å². The van der Waals surface area contributed by atoms with Gasteiger partial charge in [-0.3, -0.25) is 4.79 Å². The van der Waals surface area contributed by atoms with Crippen LogP contribution in [0.1, 0.15) is 30.9 Å². The Bertz CT molecular complexity index is 496. The Morgan fingerprint density at radius 3 is 2.68 bits per heavy atom. The Morgan fingerprint density at radius 1 is 1.37 bits per heavy atom. The number of amides is 1. The minimum atomic E-state index is 0.277. The van der Waals surface area contributed by atoms with E-state index >= 15 is 0 Å². The molecule has 1 aliphatic rings. The van der Waals surface area contributed by atoms with Crippen LogP contribution in [0.5, 0.6) is 0 Å². The zero-order valence-electron chi connectivity index (χ0n) is 11.4. The first-order chi connectivity index (χ1) is 9.22. The molecule has 0 aliphatic carbocycles. The van der Waals surface area contributed by atoms with Crippen LogP contribution in [0.15, 0.2) is 24.3 Å². The summed E-state index contributed by atoms with van der Waals surface area (Å²) < 4.78 is 0. The summed E-state index contributed by atoms with van der Waals surface area (Å²) in [6, 6.07) is 8.03. The number of rotatable bonds is 3. The predicted molar refractivity (Wildman–Crippen MR) is 76.2 cm³/mol. The lowest BCUT2D eigenvalue weighted by molar-refractivity contribution is -0.128. The molecule has 1 heterocycles. The zero-order valence-corrected chi connectivity index (χ0v) is 11.4. The van der Waals surface area contributed by atoms with E-state index in [0.29, 0.717) is 25.4 Å². The summed E-state index contributed by atoms with van der Waals surface area (Å²) in [6.07, 6.45) is 1.78. The molecular weight excluding hydrogens is 236 g/mol. The van der Waals surface area contributed by atoms with Crippen LogP contribution in [0.2, 0.25) is 0 Å². The minimum Gasteiger partial charge on any atom is -0.338 e. The molecule has 1 atom stereocenters. The van der Waals surface area contributed by atoms with Crippen molar-refractivity contribution in [1.29, 1.82) is 0 Å². The van der Waals surface area contributed by atoms with Crippen LogP contribution in [-0.4, -0.2) is 23.9 Å². The van der Waals surface area contributed by atoms with Gasteiger partial charge in [-0.1, -0.05) is 37.3 Å². The molecular formula is C16H20N2O. The van der Waals surface area contributed by atoms with E-state index in [9.17, 15) is 4.79 Å². The minimum absolute atomic E-state index is 0.277. The van der Waals surface area contributed by atoms with Crippen LogP contribution in [0.3, 0.4) is 0 Å². The summed E-state index contributed by atoms with van der Waals surface area (Å²) in [5.41, 5.74) is 7.46. The fraction of sp³-hybridized carbons (Fsp3) is 0.438. The Hall–Kier alpha value is -1.79. The zero-order chi connectivity index (χ0) is 13.7. The van der Waals surface area contributed by atoms with E-state index in [1.54, 1.807) is 0 Å². The first kappa shape index (κ1) is 13.6. The van der Waals surface area contributed by atoms with E-state index < -0.39 is 0 Å². The van der Waals surface area contributed by atoms with Crippen LogP contribution in [-0.2, 0) is 11.3 Å². The van der Waals surface area contributed by atoms with Crippen molar-refractivity contribution in [2.24, 2.45) is 11.7 Å². The lowest BCUT2D eigenvalue weighted by atomic mass is 10.1. The maximum Gasteiger partial charge on any atom is 0.223 e. The first-order valence-electron chi connectivity index (χ1n) is 6.78. The lowest BCUT2D eigenvalue weighted by Gasteiger charge is -2.16. The Kier molecular flexibility index (Phi) is 4.59. The second kappa shape index (κ2) is 6.40. The van der Waals surface area contributed by atoms with E-state index in [-0.39, 0.29) is 5.91 Å². The van der Waals surface area contributed by atoms with Crippen LogP contribution in [0, 0.1) is 17.8 Å². The first-order valence-corrected chi connectivity index (χ1v) is 6.78. The number of hydrogen-bond donors (Lipinski definition) is 1. The standard InChI is InChI=1S/C16H20N2O/c1-2-13-10-16(19)18(11-13)12-15-7-5-14(6-8-15)4-3-9-17/h5-8,13H,2,9-12,17H2,1H3. The largest absolute Gasteiger partial charge is 0.338 e. The molecule has 0 aromatic heterocycles. The third-order valence-corrected chi connectivity index (χ3v) is 3.53. The van der Waals surface area contributed by atoms with Crippen molar-refractivity contribution in [3.05, 3.63) is 35.4 Å². The molecule has 2 rings (SSSR count). The molecule has 100 valence electrons. The molecule has 1 fully saturated rings. The summed E-state index contributed by atoms with van der Waals surface area (Å²) in [6.45, 7) is 4.12. The molecule has 1 amide bonds. The number of likely N-dealkylation sites (tertiary alicyclic amines) is 1. The third kappa shape index (κ3) is 3.59. The maximum absolute atomic E-state index is 11.8. The fourth-order valence-electron chi connectivity index (χ4n) is 2.35. The fourth-order valence-corrected chi connectivity index (χ4v) is 2.35. The summed E-state index contributed by atoms with van der Waals surface area (Å²) in [5.74, 6) is 6.63. The maximum atomic E-state index is 11.8. The topological polar surface area (TPSA) is 46.3 Å². The van der Waals surface area contributed by atoms with Crippen molar-refractivity contribution in [2.75, 3.05) is 13.1 Å². The highest BCUT2D eigenvalue weighted by Gasteiger charge is 2.27. The van der Waals surface area contributed by atoms with Gasteiger partial charge >= 0.3 is 0 Å². The molecule has 1 aromatic rings. The molecule has 1 aliphatic heterocycles. The van der Waals surface area contributed by atoms with Gasteiger partial charge in [0.25, 0.3) is 0 Å². The molecule has 1 aromatic carbocycles. The van der Waals surface area contributed by atoms with Gasteiger partial charge in [0, 0.05) is 25.1 Å². The van der Waals surface area contributed by atoms with E-state index in [0.717, 1.165) is 24.1 Å². The van der Waals surface area contributed by atoms with Gasteiger partial charge in [-0.15, -0.1) is 0 Å². The van der Waals surface area contributed by atoms with Gasteiger partial charge in [0.1, 0.15) is 0 Å². The SMILES string of the molecule is CCC1CC(=O)N(Cc2ccc(C#CCN)cc2)C1. The van der Waals surface area contributed by atoms with Crippen LogP contribution < -0.4 is 5.73 Å². The lowest BCUT2D eigenvalue weighted by Crippen LogP contribution is -2.24. The molecule has 19 heavy (non-hydrogen) atoms. The highest BCUT2D eigenvalue weighted by atomic mass is 16.2. The average molecular weight is 256 g/mol. The molecule has 1 unspecified atom stereocenters. The van der Waals surface area contributed by atoms with E-state index in [2.05, 4.69) is 18.8 Å². The number of carbonyl (C=O) groups excluding carboxylic acids is 1. The van der Waals surface area contributed by atoms with Crippen LogP contribution >= 0.6 is 0 Å². The number of carbonyl (C=O) groups is 1. The van der Waals surface area contributed by atoms with Crippen molar-refractivity contribution < 1.29 is 4.79 Å². The predicted octanol–water partition coefficient (Wildman–Crippen LogP) is 1.76. The summed E-state index contributed by atoms with van der Waals surface area (Å²) in [5, 5.41) is 0. The molecule has 3 heteroatoms. The second-order valence-corrected chi connectivity index (χ2v) is 4.96. The van der Waals surface area contributed by atoms with Gasteiger partial charge in [0.2, 0.25) is 5.91 Å². The van der Waals surface area contributed by atoms with Gasteiger partial charge in [-0.2, -0.15) is 0 Å². The molecule has 1 saturated heterocycles. The Morgan fingerprint density at radius 2 is 2.11 bits per heavy atom. The molecule has 0 bridgehead atoms. The Balaban J connectivity index is 1.98. The highest BCUT2D eigenvalue weighted by molar-refractivity contribution is 5.78. The summed E-state index contributed by atoms with van der Waals surface area (Å²) in [4.78, 5) is 13.8. The second-order valence-electron chi connectivity index (χ2n) is 4.96. The van der Waals surface area contributed by atoms with Crippen molar-refractivity contribution in [3.8, 4) is 11.8 Å². The van der Waals surface area contributed by atoms with Crippen molar-refractivity contribution >= 4 is 5.91 Å². The molecule has 0 saturated carbocycles. The quantitative estimate of drug-likeness (QED) is 0.838. The normalized spacial score (nSPS) is 18.3.